The van der Waals surface area contributed by atoms with E-state index in [1.54, 1.807) is 0 Å². The standard InChI is InChI=1S/C11H16NO/c1-9(2)11(13)8-12-7-5-4-6-10(12)3/h4-7,9H,8H2,1-3H3/q+1. The largest absolute Gasteiger partial charge is 0.292 e. The van der Waals surface area contributed by atoms with Crippen molar-refractivity contribution in [2.24, 2.45) is 5.92 Å². The third kappa shape index (κ3) is 2.65. The minimum Gasteiger partial charge on any atom is -0.292 e. The number of Topliss-reactive ketones (excluding diaryl/α,β-unsaturated/α-hetero) is 1. The topological polar surface area (TPSA) is 20.9 Å². The summed E-state index contributed by atoms with van der Waals surface area (Å²) in [5.74, 6) is 0.395. The van der Waals surface area contributed by atoms with Gasteiger partial charge in [-0.3, -0.25) is 4.79 Å². The number of nitrogens with zero attached hydrogens (tertiary/aromatic N) is 1. The van der Waals surface area contributed by atoms with Gasteiger partial charge in [0.2, 0.25) is 6.54 Å². The molecule has 0 saturated carbocycles. The van der Waals surface area contributed by atoms with Crippen molar-refractivity contribution in [1.29, 1.82) is 0 Å². The molecule has 1 rings (SSSR count). The molecule has 0 unspecified atom stereocenters. The molecule has 1 heterocycles. The Balaban J connectivity index is 2.75. The van der Waals surface area contributed by atoms with Crippen LogP contribution < -0.4 is 4.57 Å². The summed E-state index contributed by atoms with van der Waals surface area (Å²) >= 11 is 0. The minimum atomic E-state index is 0.118. The van der Waals surface area contributed by atoms with Crippen LogP contribution in [0.15, 0.2) is 24.4 Å². The third-order valence-corrected chi connectivity index (χ3v) is 2.14. The molecule has 2 nitrogen and oxygen atoms in total. The van der Waals surface area contributed by atoms with Gasteiger partial charge < -0.3 is 0 Å². The van der Waals surface area contributed by atoms with Gasteiger partial charge in [0.05, 0.1) is 0 Å². The summed E-state index contributed by atoms with van der Waals surface area (Å²) in [6.07, 6.45) is 1.94. The molecule has 0 saturated heterocycles. The van der Waals surface area contributed by atoms with Gasteiger partial charge >= 0.3 is 0 Å². The first-order chi connectivity index (χ1) is 6.11. The quantitative estimate of drug-likeness (QED) is 0.643. The second-order valence-corrected chi connectivity index (χ2v) is 3.59. The van der Waals surface area contributed by atoms with Gasteiger partial charge in [-0.25, -0.2) is 0 Å². The van der Waals surface area contributed by atoms with E-state index >= 15 is 0 Å². The first kappa shape index (κ1) is 9.90. The number of carbonyl (C=O) groups is 1. The first-order valence-electron chi connectivity index (χ1n) is 4.59. The summed E-state index contributed by atoms with van der Waals surface area (Å²) in [6.45, 7) is 6.36. The van der Waals surface area contributed by atoms with Crippen LogP contribution in [0.2, 0.25) is 0 Å². The Morgan fingerprint density at radius 1 is 1.46 bits per heavy atom. The smallest absolute Gasteiger partial charge is 0.206 e. The van der Waals surface area contributed by atoms with Crippen molar-refractivity contribution < 1.29 is 9.36 Å². The van der Waals surface area contributed by atoms with E-state index in [1.165, 1.54) is 0 Å². The minimum absolute atomic E-state index is 0.118. The molecule has 0 atom stereocenters. The second-order valence-electron chi connectivity index (χ2n) is 3.59. The molecule has 2 heteroatoms. The predicted octanol–water partition coefficient (Wildman–Crippen LogP) is 1.51. The van der Waals surface area contributed by atoms with Crippen LogP contribution in [-0.4, -0.2) is 5.78 Å². The van der Waals surface area contributed by atoms with E-state index in [-0.39, 0.29) is 11.7 Å². The third-order valence-electron chi connectivity index (χ3n) is 2.14. The fourth-order valence-electron chi connectivity index (χ4n) is 1.09. The normalized spacial score (nSPS) is 10.5. The second kappa shape index (κ2) is 4.17. The van der Waals surface area contributed by atoms with Crippen LogP contribution in [0.5, 0.6) is 0 Å². The van der Waals surface area contributed by atoms with Crippen LogP contribution in [0.3, 0.4) is 0 Å². The molecule has 70 valence electrons. The van der Waals surface area contributed by atoms with Crippen molar-refractivity contribution >= 4 is 5.78 Å². The molecule has 0 aliphatic heterocycles. The number of aromatic nitrogens is 1. The number of rotatable bonds is 3. The molecule has 0 aliphatic carbocycles. The van der Waals surface area contributed by atoms with Gasteiger partial charge in [-0.1, -0.05) is 19.9 Å². The van der Waals surface area contributed by atoms with E-state index in [0.29, 0.717) is 6.54 Å². The number of pyridine rings is 1. The monoisotopic (exact) mass is 178 g/mol. The van der Waals surface area contributed by atoms with Crippen molar-refractivity contribution in [1.82, 2.24) is 0 Å². The number of ketones is 1. The zero-order valence-corrected chi connectivity index (χ0v) is 8.45. The molecule has 0 spiro atoms. The van der Waals surface area contributed by atoms with Crippen LogP contribution in [0, 0.1) is 12.8 Å². The van der Waals surface area contributed by atoms with E-state index in [2.05, 4.69) is 0 Å². The SMILES string of the molecule is Cc1cccc[n+]1CC(=O)C(C)C. The number of carbonyl (C=O) groups excluding carboxylic acids is 1. The van der Waals surface area contributed by atoms with E-state index in [4.69, 9.17) is 0 Å². The van der Waals surface area contributed by atoms with Gasteiger partial charge in [-0.15, -0.1) is 0 Å². The number of hydrogen-bond acceptors (Lipinski definition) is 1. The molecule has 13 heavy (non-hydrogen) atoms. The van der Waals surface area contributed by atoms with E-state index in [9.17, 15) is 4.79 Å². The lowest BCUT2D eigenvalue weighted by atomic mass is 10.1. The lowest BCUT2D eigenvalue weighted by molar-refractivity contribution is -0.690. The molecule has 0 amide bonds. The number of aryl methyl sites for hydroxylation is 1. The molecule has 0 fully saturated rings. The molecule has 0 radical (unpaired) electrons. The molecule has 1 aromatic heterocycles. The van der Waals surface area contributed by atoms with Crippen molar-refractivity contribution in [3.63, 3.8) is 0 Å². The predicted molar refractivity (Wildman–Crippen MR) is 51.2 cm³/mol. The average Bonchev–Trinajstić information content (AvgIpc) is 2.08. The summed E-state index contributed by atoms with van der Waals surface area (Å²) < 4.78 is 1.97. The van der Waals surface area contributed by atoms with Crippen molar-refractivity contribution in [2.75, 3.05) is 0 Å². The molecule has 1 aromatic rings. The maximum Gasteiger partial charge on any atom is 0.206 e. The fraction of sp³-hybridized carbons (Fsp3) is 0.455. The molecule has 0 aliphatic rings. The van der Waals surface area contributed by atoms with Gasteiger partial charge in [-0.05, 0) is 0 Å². The van der Waals surface area contributed by atoms with Crippen LogP contribution in [-0.2, 0) is 11.3 Å². The molecular formula is C11H16NO+. The summed E-state index contributed by atoms with van der Waals surface area (Å²) in [7, 11) is 0. The Labute approximate surface area is 79.2 Å². The Hall–Kier alpha value is -1.18. The Kier molecular flexibility index (Phi) is 3.18. The zero-order chi connectivity index (χ0) is 9.84. The molecule has 0 aromatic carbocycles. The van der Waals surface area contributed by atoms with Crippen molar-refractivity contribution in [3.05, 3.63) is 30.1 Å². The Morgan fingerprint density at radius 3 is 2.69 bits per heavy atom. The maximum atomic E-state index is 11.4. The van der Waals surface area contributed by atoms with Crippen LogP contribution in [0.25, 0.3) is 0 Å². The highest BCUT2D eigenvalue weighted by Crippen LogP contribution is 1.95. The van der Waals surface area contributed by atoms with E-state index in [0.717, 1.165) is 5.69 Å². The zero-order valence-electron chi connectivity index (χ0n) is 8.45. The highest BCUT2D eigenvalue weighted by molar-refractivity contribution is 5.78. The Bertz CT molecular complexity index is 305. The van der Waals surface area contributed by atoms with Crippen LogP contribution >= 0.6 is 0 Å². The van der Waals surface area contributed by atoms with E-state index < -0.39 is 0 Å². The summed E-state index contributed by atoms with van der Waals surface area (Å²) in [4.78, 5) is 11.4. The summed E-state index contributed by atoms with van der Waals surface area (Å²) in [5, 5.41) is 0. The van der Waals surface area contributed by atoms with Crippen molar-refractivity contribution in [2.45, 2.75) is 27.3 Å². The van der Waals surface area contributed by atoms with Gasteiger partial charge in [-0.2, -0.15) is 4.57 Å². The molecular weight excluding hydrogens is 162 g/mol. The highest BCUT2D eigenvalue weighted by atomic mass is 16.1. The highest BCUT2D eigenvalue weighted by Gasteiger charge is 2.14. The molecule has 0 N–H and O–H groups in total. The van der Waals surface area contributed by atoms with Gasteiger partial charge in [0.15, 0.2) is 17.7 Å². The van der Waals surface area contributed by atoms with Gasteiger partial charge in [0.1, 0.15) is 0 Å². The lowest BCUT2D eigenvalue weighted by Gasteiger charge is -2.01. The van der Waals surface area contributed by atoms with Crippen LogP contribution in [0.1, 0.15) is 19.5 Å². The van der Waals surface area contributed by atoms with E-state index in [1.807, 2.05) is 49.7 Å². The van der Waals surface area contributed by atoms with Crippen molar-refractivity contribution in [3.8, 4) is 0 Å². The molecule has 0 bridgehead atoms. The number of hydrogen-bond donors (Lipinski definition) is 0. The first-order valence-corrected chi connectivity index (χ1v) is 4.59. The van der Waals surface area contributed by atoms with Gasteiger partial charge in [0.25, 0.3) is 0 Å². The fourth-order valence-corrected chi connectivity index (χ4v) is 1.09. The summed E-state index contributed by atoms with van der Waals surface area (Å²) in [6, 6.07) is 5.93. The van der Waals surface area contributed by atoms with Crippen LogP contribution in [0.4, 0.5) is 0 Å². The Morgan fingerprint density at radius 2 is 2.15 bits per heavy atom. The lowest BCUT2D eigenvalue weighted by Crippen LogP contribution is -2.41. The maximum absolute atomic E-state index is 11.4. The average molecular weight is 178 g/mol. The summed E-state index contributed by atoms with van der Waals surface area (Å²) in [5.41, 5.74) is 1.12. The van der Waals surface area contributed by atoms with Gasteiger partial charge in [0, 0.05) is 25.0 Å².